The zero-order valence-corrected chi connectivity index (χ0v) is 10.5. The van der Waals surface area contributed by atoms with Gasteiger partial charge in [-0.3, -0.25) is 0 Å². The highest BCUT2D eigenvalue weighted by Gasteiger charge is 2.18. The predicted molar refractivity (Wildman–Crippen MR) is 65.3 cm³/mol. The number of nitriles is 1. The molecule has 15 heavy (non-hydrogen) atoms. The van der Waals surface area contributed by atoms with E-state index in [9.17, 15) is 0 Å². The molecule has 1 aromatic rings. The summed E-state index contributed by atoms with van der Waals surface area (Å²) in [6.07, 6.45) is 2.42. The molecule has 0 N–H and O–H groups in total. The summed E-state index contributed by atoms with van der Waals surface area (Å²) in [5.41, 5.74) is 1.61. The first-order valence-electron chi connectivity index (χ1n) is 4.86. The molecule has 0 radical (unpaired) electrons. The van der Waals surface area contributed by atoms with Gasteiger partial charge in [-0.2, -0.15) is 5.26 Å². The van der Waals surface area contributed by atoms with E-state index in [4.69, 9.17) is 16.9 Å². The van der Waals surface area contributed by atoms with Gasteiger partial charge in [0.2, 0.25) is 0 Å². The van der Waals surface area contributed by atoms with Gasteiger partial charge in [0.25, 0.3) is 0 Å². The number of rotatable bonds is 1. The van der Waals surface area contributed by atoms with Crippen LogP contribution in [0.15, 0.2) is 16.6 Å². The van der Waals surface area contributed by atoms with Gasteiger partial charge < -0.3 is 4.90 Å². The lowest BCUT2D eigenvalue weighted by Gasteiger charge is -2.20. The van der Waals surface area contributed by atoms with Crippen molar-refractivity contribution in [1.82, 2.24) is 0 Å². The zero-order valence-electron chi connectivity index (χ0n) is 8.13. The van der Waals surface area contributed by atoms with E-state index in [1.54, 1.807) is 6.07 Å². The van der Waals surface area contributed by atoms with E-state index in [2.05, 4.69) is 26.9 Å². The Bertz CT molecular complexity index is 396. The van der Waals surface area contributed by atoms with Crippen molar-refractivity contribution < 1.29 is 0 Å². The van der Waals surface area contributed by atoms with E-state index in [0.29, 0.717) is 10.6 Å². The molecule has 1 saturated heterocycles. The molecule has 0 aromatic heterocycles. The smallest absolute Gasteiger partial charge is 0.0992 e. The fourth-order valence-electron chi connectivity index (χ4n) is 1.87. The molecule has 0 atom stereocenters. The van der Waals surface area contributed by atoms with Crippen molar-refractivity contribution in [2.24, 2.45) is 0 Å². The van der Waals surface area contributed by atoms with Gasteiger partial charge in [0.05, 0.1) is 22.3 Å². The Morgan fingerprint density at radius 1 is 1.33 bits per heavy atom. The minimum Gasteiger partial charge on any atom is -0.369 e. The Morgan fingerprint density at radius 2 is 2.00 bits per heavy atom. The van der Waals surface area contributed by atoms with E-state index in [-0.39, 0.29) is 0 Å². The second-order valence-corrected chi connectivity index (χ2v) is 4.86. The maximum absolute atomic E-state index is 8.80. The highest BCUT2D eigenvalue weighted by atomic mass is 79.9. The number of halogens is 2. The third-order valence-corrected chi connectivity index (χ3v) is 3.46. The summed E-state index contributed by atoms with van der Waals surface area (Å²) in [6, 6.07) is 5.63. The number of nitrogens with zero attached hydrogens (tertiary/aromatic N) is 2. The molecule has 0 spiro atoms. The fourth-order valence-corrected chi connectivity index (χ4v) is 3.04. The van der Waals surface area contributed by atoms with E-state index >= 15 is 0 Å². The first-order chi connectivity index (χ1) is 7.22. The van der Waals surface area contributed by atoms with Crippen molar-refractivity contribution in [3.8, 4) is 6.07 Å². The van der Waals surface area contributed by atoms with Crippen molar-refractivity contribution in [2.75, 3.05) is 18.0 Å². The summed E-state index contributed by atoms with van der Waals surface area (Å²) in [5.74, 6) is 0. The summed E-state index contributed by atoms with van der Waals surface area (Å²) in [6.45, 7) is 2.09. The average Bonchev–Trinajstić information content (AvgIpc) is 2.69. The SMILES string of the molecule is N#Cc1cc(Cl)c(N2CCCC2)c(Br)c1. The predicted octanol–water partition coefficient (Wildman–Crippen LogP) is 3.57. The van der Waals surface area contributed by atoms with Crippen molar-refractivity contribution in [3.63, 3.8) is 0 Å². The summed E-state index contributed by atoms with van der Waals surface area (Å²) in [5, 5.41) is 9.46. The minimum atomic E-state index is 0.592. The van der Waals surface area contributed by atoms with Gasteiger partial charge in [0.15, 0.2) is 0 Å². The van der Waals surface area contributed by atoms with Gasteiger partial charge in [-0.05, 0) is 40.9 Å². The molecule has 0 amide bonds. The number of hydrogen-bond acceptors (Lipinski definition) is 2. The lowest BCUT2D eigenvalue weighted by Crippen LogP contribution is -2.18. The van der Waals surface area contributed by atoms with Crippen LogP contribution >= 0.6 is 27.5 Å². The Balaban J connectivity index is 2.43. The molecule has 2 rings (SSSR count). The molecular weight excluding hydrogens is 275 g/mol. The van der Waals surface area contributed by atoms with Gasteiger partial charge >= 0.3 is 0 Å². The minimum absolute atomic E-state index is 0.592. The summed E-state index contributed by atoms with van der Waals surface area (Å²) >= 11 is 9.64. The Kier molecular flexibility index (Phi) is 3.18. The van der Waals surface area contributed by atoms with E-state index in [1.807, 2.05) is 6.07 Å². The van der Waals surface area contributed by atoms with Crippen LogP contribution in [0.2, 0.25) is 5.02 Å². The third-order valence-electron chi connectivity index (χ3n) is 2.57. The first kappa shape index (κ1) is 10.8. The van der Waals surface area contributed by atoms with Gasteiger partial charge in [-0.25, -0.2) is 0 Å². The van der Waals surface area contributed by atoms with Crippen LogP contribution in [0.25, 0.3) is 0 Å². The van der Waals surface area contributed by atoms with Crippen molar-refractivity contribution in [1.29, 1.82) is 5.26 Å². The fraction of sp³-hybridized carbons (Fsp3) is 0.364. The van der Waals surface area contributed by atoms with Crippen LogP contribution in [0.4, 0.5) is 5.69 Å². The lowest BCUT2D eigenvalue weighted by atomic mass is 10.2. The molecule has 1 aliphatic heterocycles. The van der Waals surface area contributed by atoms with Crippen molar-refractivity contribution in [2.45, 2.75) is 12.8 Å². The zero-order chi connectivity index (χ0) is 10.8. The second-order valence-electron chi connectivity index (χ2n) is 3.59. The van der Waals surface area contributed by atoms with Crippen LogP contribution in [-0.2, 0) is 0 Å². The normalized spacial score (nSPS) is 15.4. The van der Waals surface area contributed by atoms with Crippen molar-refractivity contribution in [3.05, 3.63) is 27.2 Å². The number of anilines is 1. The number of benzene rings is 1. The van der Waals surface area contributed by atoms with Crippen LogP contribution in [0.5, 0.6) is 0 Å². The van der Waals surface area contributed by atoms with E-state index < -0.39 is 0 Å². The second kappa shape index (κ2) is 4.42. The molecule has 0 unspecified atom stereocenters. The molecule has 4 heteroatoms. The number of hydrogen-bond donors (Lipinski definition) is 0. The standard InChI is InChI=1S/C11H10BrClN2/c12-9-5-8(7-14)6-10(13)11(9)15-3-1-2-4-15/h5-6H,1-4H2. The Morgan fingerprint density at radius 3 is 2.53 bits per heavy atom. The van der Waals surface area contributed by atoms with Gasteiger partial charge in [0.1, 0.15) is 0 Å². The highest BCUT2D eigenvalue weighted by Crippen LogP contribution is 2.36. The van der Waals surface area contributed by atoms with Crippen LogP contribution in [0, 0.1) is 11.3 Å². The Hall–Kier alpha value is -0.720. The molecule has 1 aromatic carbocycles. The molecular formula is C11H10BrClN2. The van der Waals surface area contributed by atoms with Gasteiger partial charge in [-0.15, -0.1) is 0 Å². The third kappa shape index (κ3) is 2.11. The van der Waals surface area contributed by atoms with Crippen molar-refractivity contribution >= 4 is 33.2 Å². The molecule has 1 fully saturated rings. The van der Waals surface area contributed by atoms with E-state index in [1.165, 1.54) is 12.8 Å². The van der Waals surface area contributed by atoms with Gasteiger partial charge in [0, 0.05) is 17.6 Å². The Labute approximate surface area is 103 Å². The van der Waals surface area contributed by atoms with Crippen LogP contribution in [0.1, 0.15) is 18.4 Å². The summed E-state index contributed by atoms with van der Waals surface area (Å²) in [4.78, 5) is 2.26. The van der Waals surface area contributed by atoms with Crippen LogP contribution in [0.3, 0.4) is 0 Å². The molecule has 0 aliphatic carbocycles. The largest absolute Gasteiger partial charge is 0.369 e. The monoisotopic (exact) mass is 284 g/mol. The maximum atomic E-state index is 8.80. The first-order valence-corrected chi connectivity index (χ1v) is 6.03. The van der Waals surface area contributed by atoms with E-state index in [0.717, 1.165) is 23.2 Å². The average molecular weight is 286 g/mol. The molecule has 1 heterocycles. The molecule has 1 aliphatic rings. The molecule has 0 saturated carbocycles. The summed E-state index contributed by atoms with van der Waals surface area (Å²) in [7, 11) is 0. The molecule has 2 nitrogen and oxygen atoms in total. The maximum Gasteiger partial charge on any atom is 0.0992 e. The van der Waals surface area contributed by atoms with Crippen LogP contribution < -0.4 is 4.90 Å². The van der Waals surface area contributed by atoms with Crippen LogP contribution in [-0.4, -0.2) is 13.1 Å². The lowest BCUT2D eigenvalue weighted by molar-refractivity contribution is 0.949. The molecule has 78 valence electrons. The van der Waals surface area contributed by atoms with Gasteiger partial charge in [-0.1, -0.05) is 11.6 Å². The highest BCUT2D eigenvalue weighted by molar-refractivity contribution is 9.10. The topological polar surface area (TPSA) is 27.0 Å². The molecule has 0 bridgehead atoms. The quantitative estimate of drug-likeness (QED) is 0.788. The summed E-state index contributed by atoms with van der Waals surface area (Å²) < 4.78 is 0.911.